The molecule has 0 saturated carbocycles. The maximum atomic E-state index is 13.9. The molecule has 5 N–H and O–H groups in total. The molecule has 20 heteroatoms. The van der Waals surface area contributed by atoms with Crippen molar-refractivity contribution >= 4 is 64.1 Å². The molecular formula is C62H87N11O8S. The molecule has 0 aliphatic carbocycles. The second kappa shape index (κ2) is 33.3. The number of carbonyl (C=O) groups is 6. The molecule has 19 nitrogen and oxygen atoms in total. The van der Waals surface area contributed by atoms with E-state index in [0.717, 1.165) is 153 Å². The van der Waals surface area contributed by atoms with Gasteiger partial charge in [0.1, 0.15) is 46.0 Å². The number of anilines is 2. The van der Waals surface area contributed by atoms with Crippen LogP contribution < -0.4 is 21.7 Å². The summed E-state index contributed by atoms with van der Waals surface area (Å²) in [6.45, 7) is 8.57. The molecule has 4 aliphatic rings. The van der Waals surface area contributed by atoms with E-state index in [0.29, 0.717) is 111 Å². The van der Waals surface area contributed by atoms with Crippen LogP contribution in [0.2, 0.25) is 0 Å². The number of nitrogens with zero attached hydrogens (tertiary/aromatic N) is 7. The molecule has 0 spiro atoms. The summed E-state index contributed by atoms with van der Waals surface area (Å²) in [4.78, 5) is 96.2. The number of Topliss-reactive ketones (excluding diaryl/α,β-unsaturated/α-hetero) is 3. The number of nitrogens with one attached hydrogen (secondary N) is 3. The zero-order valence-electron chi connectivity index (χ0n) is 48.0. The molecule has 444 valence electrons. The van der Waals surface area contributed by atoms with Crippen molar-refractivity contribution < 1.29 is 38.2 Å². The minimum absolute atomic E-state index is 0.0463. The molecule has 4 saturated heterocycles. The summed E-state index contributed by atoms with van der Waals surface area (Å²) < 4.78 is 13.5. The van der Waals surface area contributed by atoms with E-state index in [9.17, 15) is 28.8 Å². The van der Waals surface area contributed by atoms with E-state index in [1.165, 1.54) is 0 Å². The van der Waals surface area contributed by atoms with Gasteiger partial charge in [0.2, 0.25) is 5.91 Å². The maximum absolute atomic E-state index is 13.9. The van der Waals surface area contributed by atoms with Crippen LogP contribution in [0.25, 0.3) is 16.8 Å². The van der Waals surface area contributed by atoms with Gasteiger partial charge in [0.15, 0.2) is 0 Å². The molecule has 4 aliphatic heterocycles. The standard InChI is InChI=1S/C62H87N11O8S/c63-59-58-56(46-27-29-47(30-28-46)61(78)67-54-25-4-8-31-64-54)68-60(73(58)36-32-65-59)52-23-5-9-35-72(52)55(77)26-16-34-71-39-37-70(38-40-71)33-15-22-50(76)21-14-20-49(75)19-7-13-44-81-42-11-1-10-41-80-43-12-6-18-48(74)17-2-3-24-53-57-51(45-82-53)66-62(79)69-57/h4,8,16,25-32,36,51-53,57H,1-3,5-7,9-15,17-24,33-35,37-45H2,(H2,63,65)(H,64,67,78)(H2,66,69,79)/b26-16+/t51-,52-,53-,57-/m0/s1. The van der Waals surface area contributed by atoms with E-state index < -0.39 is 0 Å². The van der Waals surface area contributed by atoms with Crippen LogP contribution in [0.5, 0.6) is 0 Å². The normalized spacial score (nSPS) is 19.4. The number of urea groups is 1. The van der Waals surface area contributed by atoms with Crippen molar-refractivity contribution in [3.63, 3.8) is 0 Å². The van der Waals surface area contributed by atoms with E-state index in [1.807, 2.05) is 51.5 Å². The number of thioether (sulfide) groups is 1. The average Bonchev–Trinajstić information content (AvgIpc) is 3.71. The van der Waals surface area contributed by atoms with Gasteiger partial charge in [0.25, 0.3) is 5.91 Å². The highest BCUT2D eigenvalue weighted by molar-refractivity contribution is 8.00. The van der Waals surface area contributed by atoms with Gasteiger partial charge in [-0.15, -0.1) is 0 Å². The minimum atomic E-state index is -0.272. The fourth-order valence-electron chi connectivity index (χ4n) is 11.5. The van der Waals surface area contributed by atoms with Crippen LogP contribution in [0.1, 0.15) is 157 Å². The third-order valence-electron chi connectivity index (χ3n) is 16.1. The second-order valence-corrected chi connectivity index (χ2v) is 23.6. The van der Waals surface area contributed by atoms with Crippen molar-refractivity contribution in [3.8, 4) is 11.3 Å². The monoisotopic (exact) mass is 1150 g/mol. The number of amides is 4. The van der Waals surface area contributed by atoms with Crippen molar-refractivity contribution in [2.75, 3.05) is 89.0 Å². The topological polar surface area (TPSA) is 236 Å². The Morgan fingerprint density at radius 1 is 0.707 bits per heavy atom. The number of nitrogen functional groups attached to an aromatic ring is 1. The molecule has 4 aromatic rings. The van der Waals surface area contributed by atoms with Crippen LogP contribution in [0.15, 0.2) is 73.2 Å². The highest BCUT2D eigenvalue weighted by Crippen LogP contribution is 2.37. The molecule has 1 aromatic carbocycles. The first-order chi connectivity index (χ1) is 40.1. The van der Waals surface area contributed by atoms with E-state index >= 15 is 0 Å². The average molecular weight is 1150 g/mol. The number of nitrogens with two attached hydrogens (primary N) is 1. The number of rotatable bonds is 36. The molecule has 82 heavy (non-hydrogen) atoms. The molecule has 3 aromatic heterocycles. The van der Waals surface area contributed by atoms with Crippen molar-refractivity contribution in [1.82, 2.24) is 44.7 Å². The fraction of sp³-hybridized carbons (Fsp3) is 0.597. The predicted molar refractivity (Wildman–Crippen MR) is 321 cm³/mol. The second-order valence-electron chi connectivity index (χ2n) is 22.3. The number of carbonyl (C=O) groups excluding carboxylic acids is 6. The van der Waals surface area contributed by atoms with Gasteiger partial charge in [-0.3, -0.25) is 33.3 Å². The summed E-state index contributed by atoms with van der Waals surface area (Å²) in [7, 11) is 0. The van der Waals surface area contributed by atoms with E-state index in [-0.39, 0.29) is 47.5 Å². The van der Waals surface area contributed by atoms with Crippen molar-refractivity contribution in [2.24, 2.45) is 0 Å². The Labute approximate surface area is 488 Å². The molecule has 8 rings (SSSR count). The minimum Gasteiger partial charge on any atom is -0.382 e. The Kier molecular flexibility index (Phi) is 25.2. The van der Waals surface area contributed by atoms with Gasteiger partial charge in [-0.25, -0.2) is 19.7 Å². The summed E-state index contributed by atoms with van der Waals surface area (Å²) >= 11 is 1.93. The van der Waals surface area contributed by atoms with E-state index in [2.05, 4.69) is 35.7 Å². The van der Waals surface area contributed by atoms with Crippen LogP contribution in [0.3, 0.4) is 0 Å². The lowest BCUT2D eigenvalue weighted by Crippen LogP contribution is -2.46. The van der Waals surface area contributed by atoms with Gasteiger partial charge in [0.05, 0.1) is 18.1 Å². The van der Waals surface area contributed by atoms with E-state index in [1.54, 1.807) is 42.7 Å². The number of hydrogen-bond donors (Lipinski definition) is 4. The number of hydrogen-bond acceptors (Lipinski definition) is 15. The van der Waals surface area contributed by atoms with Crippen LogP contribution in [-0.4, -0.2) is 165 Å². The SMILES string of the molecule is Nc1nccn2c([C@@H]3CCCCN3C(=O)/C=C/CN3CCN(CCCC(=O)CCCC(=O)CCCCOCCCCCOCCCCC(=O)CCCC[C@@H]4SC[C@@H]5NC(=O)N[C@@H]54)CC3)nc(-c3ccc(C(=O)Nc4ccccn4)cc3)c12. The lowest BCUT2D eigenvalue weighted by molar-refractivity contribution is -0.130. The molecule has 4 amide bonds. The number of unbranched alkanes of at least 4 members (excludes halogenated alkanes) is 5. The smallest absolute Gasteiger partial charge is 0.315 e. The largest absolute Gasteiger partial charge is 0.382 e. The number of likely N-dealkylation sites (tertiary alicyclic amines) is 1. The molecule has 0 radical (unpaired) electrons. The van der Waals surface area contributed by atoms with Crippen molar-refractivity contribution in [3.05, 3.63) is 84.6 Å². The number of piperazine rings is 1. The summed E-state index contributed by atoms with van der Waals surface area (Å²) in [6.07, 6.45) is 25.6. The van der Waals surface area contributed by atoms with E-state index in [4.69, 9.17) is 20.2 Å². The third kappa shape index (κ3) is 19.3. The first-order valence-electron chi connectivity index (χ1n) is 30.4. The third-order valence-corrected chi connectivity index (χ3v) is 17.7. The lowest BCUT2D eigenvalue weighted by atomic mass is 10.0. The first-order valence-corrected chi connectivity index (χ1v) is 31.4. The van der Waals surface area contributed by atoms with Gasteiger partial charge in [-0.1, -0.05) is 30.7 Å². The lowest BCUT2D eigenvalue weighted by Gasteiger charge is -2.35. The van der Waals surface area contributed by atoms with Crippen molar-refractivity contribution in [1.29, 1.82) is 0 Å². The van der Waals surface area contributed by atoms with Crippen LogP contribution in [0, 0.1) is 0 Å². The molecular weight excluding hydrogens is 1060 g/mol. The van der Waals surface area contributed by atoms with Crippen LogP contribution in [0.4, 0.5) is 16.4 Å². The van der Waals surface area contributed by atoms with Crippen LogP contribution >= 0.6 is 11.8 Å². The Bertz CT molecular complexity index is 2720. The fourth-order valence-corrected chi connectivity index (χ4v) is 13.0. The number of fused-ring (bicyclic) bond motifs is 2. The number of ether oxygens (including phenoxy) is 2. The predicted octanol–water partition coefficient (Wildman–Crippen LogP) is 8.78. The number of benzene rings is 1. The summed E-state index contributed by atoms with van der Waals surface area (Å²) in [5.74, 6) is 2.98. The number of pyridine rings is 1. The molecule has 0 unspecified atom stereocenters. The zero-order valence-corrected chi connectivity index (χ0v) is 48.8. The van der Waals surface area contributed by atoms with Gasteiger partial charge in [-0.05, 0) is 121 Å². The quantitative estimate of drug-likeness (QED) is 0.0189. The van der Waals surface area contributed by atoms with Crippen LogP contribution in [-0.2, 0) is 28.7 Å². The van der Waals surface area contributed by atoms with Gasteiger partial charge < -0.3 is 41.0 Å². The highest BCUT2D eigenvalue weighted by Gasteiger charge is 2.42. The Morgan fingerprint density at radius 2 is 1.37 bits per heavy atom. The van der Waals surface area contributed by atoms with Gasteiger partial charge in [0, 0.05) is 151 Å². The Morgan fingerprint density at radius 3 is 2.06 bits per heavy atom. The Balaban J connectivity index is 0.604. The number of aromatic nitrogens is 4. The number of imidazole rings is 1. The summed E-state index contributed by atoms with van der Waals surface area (Å²) in [5.41, 5.74) is 9.03. The Hall–Kier alpha value is -6.06. The van der Waals surface area contributed by atoms with Gasteiger partial charge in [-0.2, -0.15) is 11.8 Å². The number of piperidine rings is 1. The van der Waals surface area contributed by atoms with Crippen molar-refractivity contribution in [2.45, 2.75) is 158 Å². The number of ketones is 3. The summed E-state index contributed by atoms with van der Waals surface area (Å²) in [5, 5.41) is 9.29. The molecule has 4 atom stereocenters. The molecule has 4 fully saturated rings. The first kappa shape index (κ1) is 62.0. The summed E-state index contributed by atoms with van der Waals surface area (Å²) in [6, 6.07) is 12.7. The maximum Gasteiger partial charge on any atom is 0.315 e. The highest BCUT2D eigenvalue weighted by atomic mass is 32.2. The molecule has 7 heterocycles. The zero-order chi connectivity index (χ0) is 57.3. The molecule has 0 bridgehead atoms. The van der Waals surface area contributed by atoms with Gasteiger partial charge >= 0.3 is 6.03 Å².